The fourth-order valence-corrected chi connectivity index (χ4v) is 3.53. The summed E-state index contributed by atoms with van der Waals surface area (Å²) in [4.78, 5) is 1.61. The monoisotopic (exact) mass is 370 g/mol. The molecule has 0 atom stereocenters. The molecule has 0 amide bonds. The van der Waals surface area contributed by atoms with Crippen LogP contribution < -0.4 is 5.73 Å². The van der Waals surface area contributed by atoms with E-state index < -0.39 is 0 Å². The summed E-state index contributed by atoms with van der Waals surface area (Å²) in [5, 5.41) is 8.99. The highest BCUT2D eigenvalue weighted by Gasteiger charge is 2.15. The van der Waals surface area contributed by atoms with Crippen LogP contribution >= 0.6 is 43.2 Å². The molecule has 0 bridgehead atoms. The van der Waals surface area contributed by atoms with Crippen molar-refractivity contribution in [2.24, 2.45) is 0 Å². The van der Waals surface area contributed by atoms with Crippen molar-refractivity contribution >= 4 is 48.9 Å². The van der Waals surface area contributed by atoms with E-state index in [2.05, 4.69) is 37.9 Å². The first-order chi connectivity index (χ1) is 8.04. The SMILES string of the molecule is Cc1c(-c2cc(Br)ccc2Br)sc(C#N)c1N. The lowest BCUT2D eigenvalue weighted by Crippen LogP contribution is -1.87. The zero-order valence-electron chi connectivity index (χ0n) is 8.92. The number of hydrogen-bond acceptors (Lipinski definition) is 3. The molecule has 0 spiro atoms. The first-order valence-corrected chi connectivity index (χ1v) is 7.19. The average molecular weight is 372 g/mol. The van der Waals surface area contributed by atoms with Crippen LogP contribution in [0.15, 0.2) is 27.1 Å². The standard InChI is InChI=1S/C12H8Br2N2S/c1-6-11(16)10(5-15)17-12(6)8-4-7(13)2-3-9(8)14/h2-4H,16H2,1H3. The van der Waals surface area contributed by atoms with Gasteiger partial charge in [0, 0.05) is 19.4 Å². The van der Waals surface area contributed by atoms with Crippen LogP contribution in [-0.4, -0.2) is 0 Å². The Morgan fingerprint density at radius 2 is 2.06 bits per heavy atom. The Morgan fingerprint density at radius 3 is 2.65 bits per heavy atom. The van der Waals surface area contributed by atoms with Crippen molar-refractivity contribution in [1.29, 1.82) is 5.26 Å². The van der Waals surface area contributed by atoms with Gasteiger partial charge in [0.05, 0.1) is 5.69 Å². The summed E-state index contributed by atoms with van der Waals surface area (Å²) in [5.74, 6) is 0. The molecule has 1 aromatic carbocycles. The van der Waals surface area contributed by atoms with Crippen LogP contribution in [0.25, 0.3) is 10.4 Å². The molecule has 0 aliphatic carbocycles. The zero-order chi connectivity index (χ0) is 12.6. The van der Waals surface area contributed by atoms with E-state index in [1.165, 1.54) is 11.3 Å². The van der Waals surface area contributed by atoms with Gasteiger partial charge in [0.15, 0.2) is 0 Å². The van der Waals surface area contributed by atoms with E-state index in [1.54, 1.807) is 0 Å². The van der Waals surface area contributed by atoms with Crippen LogP contribution in [0, 0.1) is 18.3 Å². The molecule has 0 fully saturated rings. The van der Waals surface area contributed by atoms with Crippen molar-refractivity contribution in [3.8, 4) is 16.5 Å². The molecule has 2 nitrogen and oxygen atoms in total. The summed E-state index contributed by atoms with van der Waals surface area (Å²) < 4.78 is 2.00. The van der Waals surface area contributed by atoms with Gasteiger partial charge in [-0.1, -0.05) is 31.9 Å². The second-order valence-electron chi connectivity index (χ2n) is 3.53. The van der Waals surface area contributed by atoms with Crippen molar-refractivity contribution in [3.05, 3.63) is 37.6 Å². The topological polar surface area (TPSA) is 49.8 Å². The van der Waals surface area contributed by atoms with Gasteiger partial charge >= 0.3 is 0 Å². The summed E-state index contributed by atoms with van der Waals surface area (Å²) in [6.07, 6.45) is 0. The summed E-state index contributed by atoms with van der Waals surface area (Å²) in [6.45, 7) is 1.94. The third-order valence-corrected chi connectivity index (χ3v) is 4.90. The summed E-state index contributed by atoms with van der Waals surface area (Å²) >= 11 is 8.39. The molecule has 0 radical (unpaired) electrons. The number of rotatable bonds is 1. The van der Waals surface area contributed by atoms with Crippen LogP contribution in [0.4, 0.5) is 5.69 Å². The minimum atomic E-state index is 0.573. The third kappa shape index (κ3) is 2.25. The molecular formula is C12H8Br2N2S. The predicted molar refractivity (Wildman–Crippen MR) is 79.0 cm³/mol. The molecule has 1 aromatic heterocycles. The largest absolute Gasteiger partial charge is 0.397 e. The van der Waals surface area contributed by atoms with E-state index in [9.17, 15) is 0 Å². The Balaban J connectivity index is 2.69. The van der Waals surface area contributed by atoms with Crippen LogP contribution in [-0.2, 0) is 0 Å². The third-order valence-electron chi connectivity index (χ3n) is 2.47. The highest BCUT2D eigenvalue weighted by atomic mass is 79.9. The Bertz CT molecular complexity index is 626. The van der Waals surface area contributed by atoms with E-state index >= 15 is 0 Å². The second-order valence-corrected chi connectivity index (χ2v) is 6.33. The Morgan fingerprint density at radius 1 is 1.35 bits per heavy atom. The van der Waals surface area contributed by atoms with E-state index in [4.69, 9.17) is 11.0 Å². The number of thiophene rings is 1. The lowest BCUT2D eigenvalue weighted by atomic mass is 10.1. The molecule has 1 heterocycles. The second kappa shape index (κ2) is 4.81. The molecule has 2 aromatic rings. The van der Waals surface area contributed by atoms with E-state index in [-0.39, 0.29) is 0 Å². The maximum atomic E-state index is 8.99. The van der Waals surface area contributed by atoms with E-state index in [0.29, 0.717) is 10.6 Å². The smallest absolute Gasteiger partial charge is 0.128 e. The number of nitriles is 1. The van der Waals surface area contributed by atoms with Gasteiger partial charge < -0.3 is 5.73 Å². The van der Waals surface area contributed by atoms with Gasteiger partial charge in [-0.15, -0.1) is 11.3 Å². The maximum Gasteiger partial charge on any atom is 0.128 e. The van der Waals surface area contributed by atoms with Crippen LogP contribution in [0.1, 0.15) is 10.4 Å². The fraction of sp³-hybridized carbons (Fsp3) is 0.0833. The molecular weight excluding hydrogens is 364 g/mol. The van der Waals surface area contributed by atoms with E-state index in [1.807, 2.05) is 25.1 Å². The number of hydrogen-bond donors (Lipinski definition) is 1. The minimum Gasteiger partial charge on any atom is -0.397 e. The minimum absolute atomic E-state index is 0.573. The van der Waals surface area contributed by atoms with Gasteiger partial charge in [-0.2, -0.15) is 5.26 Å². The molecule has 0 saturated heterocycles. The Kier molecular flexibility index (Phi) is 3.57. The fourth-order valence-electron chi connectivity index (χ4n) is 1.54. The van der Waals surface area contributed by atoms with Gasteiger partial charge in [0.2, 0.25) is 0 Å². The highest BCUT2D eigenvalue weighted by Crippen LogP contribution is 2.41. The molecule has 2 N–H and O–H groups in total. The zero-order valence-corrected chi connectivity index (χ0v) is 12.9. The number of halogens is 2. The van der Waals surface area contributed by atoms with Gasteiger partial charge in [0.25, 0.3) is 0 Å². The lowest BCUT2D eigenvalue weighted by molar-refractivity contribution is 1.49. The van der Waals surface area contributed by atoms with Crippen molar-refractivity contribution in [3.63, 3.8) is 0 Å². The van der Waals surface area contributed by atoms with Crippen LogP contribution in [0.2, 0.25) is 0 Å². The summed E-state index contributed by atoms with van der Waals surface area (Å²) in [5.41, 5.74) is 8.50. The normalized spacial score (nSPS) is 10.2. The molecule has 0 saturated carbocycles. The molecule has 0 unspecified atom stereocenters. The Labute approximate surface area is 120 Å². The number of nitrogens with zero attached hydrogens (tertiary/aromatic N) is 1. The predicted octanol–water partition coefficient (Wildman–Crippen LogP) is 4.70. The molecule has 5 heteroatoms. The number of benzene rings is 1. The van der Waals surface area contributed by atoms with E-state index in [0.717, 1.165) is 24.9 Å². The van der Waals surface area contributed by atoms with Gasteiger partial charge in [-0.3, -0.25) is 0 Å². The molecule has 17 heavy (non-hydrogen) atoms. The van der Waals surface area contributed by atoms with Crippen molar-refractivity contribution < 1.29 is 0 Å². The van der Waals surface area contributed by atoms with Gasteiger partial charge in [-0.05, 0) is 30.7 Å². The number of nitrogens with two attached hydrogens (primary N) is 1. The van der Waals surface area contributed by atoms with Crippen molar-refractivity contribution in [1.82, 2.24) is 0 Å². The average Bonchev–Trinajstić information content (AvgIpc) is 2.59. The first kappa shape index (κ1) is 12.6. The molecule has 86 valence electrons. The number of anilines is 1. The van der Waals surface area contributed by atoms with Crippen LogP contribution in [0.5, 0.6) is 0 Å². The molecule has 0 aliphatic heterocycles. The van der Waals surface area contributed by atoms with Gasteiger partial charge in [0.1, 0.15) is 10.9 Å². The number of nitrogen functional groups attached to an aromatic ring is 1. The maximum absolute atomic E-state index is 8.99. The van der Waals surface area contributed by atoms with Crippen LogP contribution in [0.3, 0.4) is 0 Å². The quantitative estimate of drug-likeness (QED) is 0.789. The van der Waals surface area contributed by atoms with Gasteiger partial charge in [-0.25, -0.2) is 0 Å². The highest BCUT2D eigenvalue weighted by molar-refractivity contribution is 9.11. The lowest BCUT2D eigenvalue weighted by Gasteiger charge is -2.04. The summed E-state index contributed by atoms with van der Waals surface area (Å²) in [6, 6.07) is 8.08. The van der Waals surface area contributed by atoms with Crippen molar-refractivity contribution in [2.45, 2.75) is 6.92 Å². The summed E-state index contributed by atoms with van der Waals surface area (Å²) in [7, 11) is 0. The molecule has 2 rings (SSSR count). The Hall–Kier alpha value is -0.830. The first-order valence-electron chi connectivity index (χ1n) is 4.79. The van der Waals surface area contributed by atoms with Crippen molar-refractivity contribution in [2.75, 3.05) is 5.73 Å². The molecule has 0 aliphatic rings.